The Kier molecular flexibility index (Phi) is 8.30. The maximum absolute atomic E-state index is 12.6. The second kappa shape index (κ2) is 11.1. The van der Waals surface area contributed by atoms with Crippen LogP contribution in [0, 0.1) is 0 Å². The number of nitrogens with zero attached hydrogens (tertiary/aromatic N) is 4. The molecule has 0 aliphatic heterocycles. The van der Waals surface area contributed by atoms with Crippen molar-refractivity contribution in [3.8, 4) is 11.5 Å². The van der Waals surface area contributed by atoms with Crippen LogP contribution in [-0.4, -0.2) is 53.9 Å². The van der Waals surface area contributed by atoms with Crippen LogP contribution < -0.4 is 19.7 Å². The van der Waals surface area contributed by atoms with Crippen LogP contribution in [0.5, 0.6) is 11.5 Å². The maximum Gasteiger partial charge on any atom is 0.234 e. The Hall–Kier alpha value is -2.59. The fourth-order valence-corrected chi connectivity index (χ4v) is 4.98. The number of methoxy groups -OCH3 is 2. The number of fused-ring (bicyclic) bond motifs is 1. The maximum atomic E-state index is 12.6. The molecule has 31 heavy (non-hydrogen) atoms. The molecule has 2 aromatic heterocycles. The summed E-state index contributed by atoms with van der Waals surface area (Å²) in [4.78, 5) is 28.3. The molecule has 1 amide bonds. The van der Waals surface area contributed by atoms with Crippen LogP contribution in [0.15, 0.2) is 29.6 Å². The van der Waals surface area contributed by atoms with Crippen molar-refractivity contribution in [3.63, 3.8) is 0 Å². The number of aromatic nitrogens is 3. The monoisotopic (exact) mass is 461 g/mol. The van der Waals surface area contributed by atoms with E-state index in [4.69, 9.17) is 14.5 Å². The van der Waals surface area contributed by atoms with E-state index in [9.17, 15) is 4.79 Å². The van der Waals surface area contributed by atoms with Crippen molar-refractivity contribution < 1.29 is 14.3 Å². The first kappa shape index (κ1) is 23.1. The number of hydrogen-bond donors (Lipinski definition) is 1. The third-order valence-electron chi connectivity index (χ3n) is 4.43. The molecule has 0 atom stereocenters. The fraction of sp³-hybridized carbons (Fsp3) is 0.429. The Balaban J connectivity index is 1.73. The molecule has 0 spiro atoms. The molecule has 1 N–H and O–H groups in total. The van der Waals surface area contributed by atoms with Crippen LogP contribution in [0.3, 0.4) is 0 Å². The van der Waals surface area contributed by atoms with E-state index in [0.717, 1.165) is 40.8 Å². The van der Waals surface area contributed by atoms with Gasteiger partial charge in [0.1, 0.15) is 27.6 Å². The highest BCUT2D eigenvalue weighted by molar-refractivity contribution is 8.00. The molecular formula is C21H27N5O3S2. The van der Waals surface area contributed by atoms with Gasteiger partial charge in [0.05, 0.1) is 25.7 Å². The van der Waals surface area contributed by atoms with Gasteiger partial charge in [-0.25, -0.2) is 9.97 Å². The van der Waals surface area contributed by atoms with Crippen molar-refractivity contribution in [2.24, 2.45) is 0 Å². The van der Waals surface area contributed by atoms with Crippen molar-refractivity contribution in [2.75, 3.05) is 43.3 Å². The van der Waals surface area contributed by atoms with Gasteiger partial charge in [-0.3, -0.25) is 4.79 Å². The van der Waals surface area contributed by atoms with E-state index in [2.05, 4.69) is 34.0 Å². The van der Waals surface area contributed by atoms with E-state index < -0.39 is 0 Å². The van der Waals surface area contributed by atoms with E-state index in [1.165, 1.54) is 18.1 Å². The van der Waals surface area contributed by atoms with Gasteiger partial charge >= 0.3 is 0 Å². The summed E-state index contributed by atoms with van der Waals surface area (Å²) in [7, 11) is 3.14. The number of thiazole rings is 1. The van der Waals surface area contributed by atoms with Gasteiger partial charge in [-0.2, -0.15) is 4.98 Å². The molecule has 0 saturated carbocycles. The van der Waals surface area contributed by atoms with Gasteiger partial charge in [-0.15, -0.1) is 0 Å². The van der Waals surface area contributed by atoms with E-state index in [1.807, 2.05) is 0 Å². The quantitative estimate of drug-likeness (QED) is 0.331. The molecule has 0 radical (unpaired) electrons. The molecule has 0 aliphatic rings. The number of ether oxygens (including phenoxy) is 2. The normalized spacial score (nSPS) is 10.8. The number of thioether (sulfide) groups is 1. The lowest BCUT2D eigenvalue weighted by molar-refractivity contribution is -0.113. The van der Waals surface area contributed by atoms with Crippen molar-refractivity contribution in [2.45, 2.75) is 31.7 Å². The number of rotatable bonds is 11. The fourth-order valence-electron chi connectivity index (χ4n) is 3.04. The molecule has 8 nitrogen and oxygen atoms in total. The number of anilines is 2. The van der Waals surface area contributed by atoms with Gasteiger partial charge in [0, 0.05) is 19.2 Å². The Morgan fingerprint density at radius 3 is 2.61 bits per heavy atom. The van der Waals surface area contributed by atoms with Gasteiger partial charge < -0.3 is 19.7 Å². The second-order valence-electron chi connectivity index (χ2n) is 6.72. The van der Waals surface area contributed by atoms with Crippen LogP contribution in [0.25, 0.3) is 10.3 Å². The molecule has 3 rings (SSSR count). The number of nitrogens with one attached hydrogen (secondary N) is 1. The molecular weight excluding hydrogens is 434 g/mol. The van der Waals surface area contributed by atoms with Crippen LogP contribution >= 0.6 is 23.1 Å². The van der Waals surface area contributed by atoms with Crippen molar-refractivity contribution in [1.82, 2.24) is 15.0 Å². The third kappa shape index (κ3) is 5.76. The summed E-state index contributed by atoms with van der Waals surface area (Å²) >= 11 is 2.95. The first-order valence-electron chi connectivity index (χ1n) is 10.1. The lowest BCUT2D eigenvalue weighted by Crippen LogP contribution is -2.24. The molecule has 0 saturated heterocycles. The predicted octanol–water partition coefficient (Wildman–Crippen LogP) is 4.46. The summed E-state index contributed by atoms with van der Waals surface area (Å²) in [6.07, 6.45) is 3.61. The third-order valence-corrected chi connectivity index (χ3v) is 6.66. The minimum Gasteiger partial charge on any atom is -0.497 e. The molecule has 166 valence electrons. The number of hydrogen-bond acceptors (Lipinski definition) is 9. The predicted molar refractivity (Wildman–Crippen MR) is 127 cm³/mol. The lowest BCUT2D eigenvalue weighted by atomic mass is 10.2. The zero-order chi connectivity index (χ0) is 22.2. The number of amides is 1. The van der Waals surface area contributed by atoms with Gasteiger partial charge in [0.25, 0.3) is 0 Å². The van der Waals surface area contributed by atoms with E-state index in [1.54, 1.807) is 43.8 Å². The Morgan fingerprint density at radius 1 is 1.16 bits per heavy atom. The summed E-state index contributed by atoms with van der Waals surface area (Å²) in [5.41, 5.74) is 1.24. The topological polar surface area (TPSA) is 89.5 Å². The van der Waals surface area contributed by atoms with Crippen molar-refractivity contribution >= 4 is 50.2 Å². The number of carbonyl (C=O) groups is 1. The zero-order valence-electron chi connectivity index (χ0n) is 18.2. The average Bonchev–Trinajstić information content (AvgIpc) is 3.22. The van der Waals surface area contributed by atoms with Gasteiger partial charge in [-0.05, 0) is 25.0 Å². The summed E-state index contributed by atoms with van der Waals surface area (Å²) in [6.45, 7) is 6.22. The molecule has 0 fully saturated rings. The molecule has 0 bridgehead atoms. The number of carbonyl (C=O) groups excluding carboxylic acids is 1. The Labute approximate surface area is 190 Å². The SMILES string of the molecule is CCCN(CCC)c1nc2ncnc(SCC(=O)Nc3cc(OC)ccc3OC)c2s1. The standard InChI is InChI=1S/C21H27N5O3S2/c1-5-9-26(10-6-2)21-25-19-18(31-21)20(23-13-22-19)30-12-17(27)24-15-11-14(28-3)7-8-16(15)29-4/h7-8,11,13H,5-6,9-10,12H2,1-4H3,(H,24,27). The van der Waals surface area contributed by atoms with Crippen LogP contribution in [0.1, 0.15) is 26.7 Å². The van der Waals surface area contributed by atoms with Gasteiger partial charge in [0.2, 0.25) is 5.91 Å². The van der Waals surface area contributed by atoms with Crippen molar-refractivity contribution in [1.29, 1.82) is 0 Å². The minimum atomic E-state index is -0.161. The van der Waals surface area contributed by atoms with Crippen molar-refractivity contribution in [3.05, 3.63) is 24.5 Å². The number of benzene rings is 1. The van der Waals surface area contributed by atoms with E-state index >= 15 is 0 Å². The smallest absolute Gasteiger partial charge is 0.234 e. The van der Waals surface area contributed by atoms with Gasteiger partial charge in [0.15, 0.2) is 10.8 Å². The Bertz CT molecular complexity index is 1020. The summed E-state index contributed by atoms with van der Waals surface area (Å²) < 4.78 is 11.5. The highest BCUT2D eigenvalue weighted by Crippen LogP contribution is 2.34. The molecule has 0 unspecified atom stereocenters. The highest BCUT2D eigenvalue weighted by Gasteiger charge is 2.17. The first-order valence-corrected chi connectivity index (χ1v) is 11.9. The summed E-state index contributed by atoms with van der Waals surface area (Å²) in [5.74, 6) is 1.25. The Morgan fingerprint density at radius 2 is 1.94 bits per heavy atom. The highest BCUT2D eigenvalue weighted by atomic mass is 32.2. The average molecular weight is 462 g/mol. The second-order valence-corrected chi connectivity index (χ2v) is 8.66. The largest absolute Gasteiger partial charge is 0.497 e. The van der Waals surface area contributed by atoms with Gasteiger partial charge in [-0.1, -0.05) is 36.9 Å². The molecule has 0 aliphatic carbocycles. The first-order chi connectivity index (χ1) is 15.1. The summed E-state index contributed by atoms with van der Waals surface area (Å²) in [6, 6.07) is 5.27. The summed E-state index contributed by atoms with van der Waals surface area (Å²) in [5, 5.41) is 4.59. The minimum absolute atomic E-state index is 0.161. The molecule has 3 aromatic rings. The molecule has 1 aromatic carbocycles. The van der Waals surface area contributed by atoms with Crippen LogP contribution in [0.4, 0.5) is 10.8 Å². The van der Waals surface area contributed by atoms with Crippen LogP contribution in [0.2, 0.25) is 0 Å². The molecule has 10 heteroatoms. The van der Waals surface area contributed by atoms with Crippen LogP contribution in [-0.2, 0) is 4.79 Å². The lowest BCUT2D eigenvalue weighted by Gasteiger charge is -2.19. The van der Waals surface area contributed by atoms with E-state index in [0.29, 0.717) is 22.8 Å². The molecule has 2 heterocycles. The van der Waals surface area contributed by atoms with E-state index in [-0.39, 0.29) is 11.7 Å². The zero-order valence-corrected chi connectivity index (χ0v) is 19.8.